The van der Waals surface area contributed by atoms with Crippen LogP contribution in [-0.4, -0.2) is 39.2 Å². The van der Waals surface area contributed by atoms with E-state index in [0.29, 0.717) is 29.7 Å². The van der Waals surface area contributed by atoms with E-state index in [1.165, 1.54) is 23.5 Å². The molecule has 1 saturated heterocycles. The first-order valence-corrected chi connectivity index (χ1v) is 9.48. The lowest BCUT2D eigenvalue weighted by molar-refractivity contribution is 0.129. The summed E-state index contributed by atoms with van der Waals surface area (Å²) < 4.78 is 5.77. The van der Waals surface area contributed by atoms with E-state index in [4.69, 9.17) is 4.74 Å². The predicted molar refractivity (Wildman–Crippen MR) is 95.7 cm³/mol. The zero-order valence-electron chi connectivity index (χ0n) is 13.8. The Morgan fingerprint density at radius 1 is 1.24 bits per heavy atom. The number of phenolic OH excluding ortho intramolecular Hbond substituents is 2. The molecule has 134 valence electrons. The number of nitrogens with one attached hydrogen (secondary N) is 1. The number of benzene rings is 1. The Balaban J connectivity index is 1.46. The van der Waals surface area contributed by atoms with Gasteiger partial charge in [0.15, 0.2) is 10.9 Å². The van der Waals surface area contributed by atoms with Gasteiger partial charge in [-0.2, -0.15) is 0 Å². The molecular weight excluding hydrogens is 340 g/mol. The van der Waals surface area contributed by atoms with Crippen LogP contribution in [-0.2, 0) is 4.74 Å². The molecule has 4 N–H and O–H groups in total. The lowest BCUT2D eigenvalue weighted by Gasteiger charge is -2.31. The van der Waals surface area contributed by atoms with E-state index in [1.54, 1.807) is 6.07 Å². The van der Waals surface area contributed by atoms with Gasteiger partial charge in [0.05, 0.1) is 12.3 Å². The molecule has 1 atom stereocenters. The van der Waals surface area contributed by atoms with Crippen molar-refractivity contribution in [3.05, 3.63) is 23.6 Å². The largest absolute Gasteiger partial charge is 0.508 e. The second-order valence-corrected chi connectivity index (χ2v) is 7.80. The molecule has 0 spiro atoms. The van der Waals surface area contributed by atoms with Crippen LogP contribution >= 0.6 is 11.3 Å². The van der Waals surface area contributed by atoms with E-state index < -0.39 is 0 Å². The monoisotopic (exact) mass is 362 g/mol. The van der Waals surface area contributed by atoms with Crippen LogP contribution in [0, 0.1) is 11.8 Å². The number of epoxide rings is 1. The molecule has 0 amide bonds. The highest BCUT2D eigenvalue weighted by molar-refractivity contribution is 7.14. The number of anilines is 1. The molecule has 1 aromatic heterocycles. The summed E-state index contributed by atoms with van der Waals surface area (Å²) in [5.41, 5.74) is 0.938. The van der Waals surface area contributed by atoms with Crippen LogP contribution in [0.4, 0.5) is 5.13 Å². The normalized spacial score (nSPS) is 28.7. The molecule has 1 aliphatic heterocycles. The molecule has 1 saturated carbocycles. The number of thiazole rings is 1. The average Bonchev–Trinajstić information content (AvgIpc) is 3.25. The second kappa shape index (κ2) is 6.48. The Morgan fingerprint density at radius 3 is 2.64 bits per heavy atom. The summed E-state index contributed by atoms with van der Waals surface area (Å²) >= 11 is 1.48. The van der Waals surface area contributed by atoms with Crippen LogP contribution in [0.5, 0.6) is 11.5 Å². The molecule has 2 heterocycles. The highest BCUT2D eigenvalue weighted by Gasteiger charge is 2.52. The quantitative estimate of drug-likeness (QED) is 0.610. The van der Waals surface area contributed by atoms with E-state index in [9.17, 15) is 15.3 Å². The number of aliphatic hydroxyl groups is 1. The summed E-state index contributed by atoms with van der Waals surface area (Å²) in [4.78, 5) is 4.57. The van der Waals surface area contributed by atoms with Crippen molar-refractivity contribution in [3.63, 3.8) is 0 Å². The number of phenols is 2. The summed E-state index contributed by atoms with van der Waals surface area (Å²) in [5, 5.41) is 34.8. The molecule has 4 rings (SSSR count). The third kappa shape index (κ3) is 3.31. The van der Waals surface area contributed by atoms with Crippen molar-refractivity contribution in [1.82, 2.24) is 4.98 Å². The number of nitrogens with zero attached hydrogens (tertiary/aromatic N) is 1. The number of aliphatic hydroxyl groups excluding tert-OH is 1. The number of ether oxygens (including phenoxy) is 1. The van der Waals surface area contributed by atoms with E-state index in [1.807, 2.05) is 5.38 Å². The van der Waals surface area contributed by atoms with Crippen LogP contribution in [0.25, 0.3) is 11.3 Å². The van der Waals surface area contributed by atoms with Crippen molar-refractivity contribution in [2.75, 3.05) is 18.5 Å². The molecule has 1 aromatic carbocycles. The van der Waals surface area contributed by atoms with E-state index in [-0.39, 0.29) is 23.8 Å². The SMILES string of the molecule is OCC1CCC(C2(Nc3nc(-c4ccc(O)cc4O)cs3)CO2)CC1. The van der Waals surface area contributed by atoms with Crippen molar-refractivity contribution >= 4 is 16.5 Å². The smallest absolute Gasteiger partial charge is 0.185 e. The Labute approximate surface area is 150 Å². The lowest BCUT2D eigenvalue weighted by Crippen LogP contribution is -2.36. The Hall–Kier alpha value is -1.83. The van der Waals surface area contributed by atoms with Crippen molar-refractivity contribution in [3.8, 4) is 22.8 Å². The second-order valence-electron chi connectivity index (χ2n) is 6.94. The standard InChI is InChI=1S/C18H22N2O4S/c21-8-11-1-3-12(4-2-11)18(10-24-18)20-17-19-15(9-25-17)14-6-5-13(22)7-16(14)23/h5-7,9,11-12,21-23H,1-4,8,10H2,(H,19,20). The number of rotatable bonds is 5. The van der Waals surface area contributed by atoms with Crippen molar-refractivity contribution < 1.29 is 20.1 Å². The number of hydrogen-bond donors (Lipinski definition) is 4. The fourth-order valence-electron chi connectivity index (χ4n) is 3.67. The molecule has 2 aliphatic rings. The highest BCUT2D eigenvalue weighted by atomic mass is 32.1. The van der Waals surface area contributed by atoms with Gasteiger partial charge >= 0.3 is 0 Å². The van der Waals surface area contributed by atoms with Gasteiger partial charge in [-0.05, 0) is 43.7 Å². The van der Waals surface area contributed by atoms with Crippen molar-refractivity contribution in [2.24, 2.45) is 11.8 Å². The average molecular weight is 362 g/mol. The first-order chi connectivity index (χ1) is 12.1. The highest BCUT2D eigenvalue weighted by Crippen LogP contribution is 2.45. The summed E-state index contributed by atoms with van der Waals surface area (Å²) in [5.74, 6) is 0.899. The van der Waals surface area contributed by atoms with Gasteiger partial charge in [0.1, 0.15) is 11.5 Å². The van der Waals surface area contributed by atoms with Crippen LogP contribution in [0.2, 0.25) is 0 Å². The Bertz CT molecular complexity index is 751. The predicted octanol–water partition coefficient (Wildman–Crippen LogP) is 3.16. The van der Waals surface area contributed by atoms with Gasteiger partial charge in [0.25, 0.3) is 0 Å². The summed E-state index contributed by atoms with van der Waals surface area (Å²) in [6, 6.07) is 4.50. The van der Waals surface area contributed by atoms with Gasteiger partial charge in [-0.15, -0.1) is 11.3 Å². The Morgan fingerprint density at radius 2 is 2.00 bits per heavy atom. The van der Waals surface area contributed by atoms with Crippen LogP contribution in [0.3, 0.4) is 0 Å². The van der Waals surface area contributed by atoms with Gasteiger partial charge in [-0.3, -0.25) is 0 Å². The third-order valence-electron chi connectivity index (χ3n) is 5.30. The van der Waals surface area contributed by atoms with Crippen molar-refractivity contribution in [1.29, 1.82) is 0 Å². The molecule has 25 heavy (non-hydrogen) atoms. The topological polar surface area (TPSA) is 98.1 Å². The maximum absolute atomic E-state index is 9.99. The Kier molecular flexibility index (Phi) is 4.31. The minimum absolute atomic E-state index is 0.0107. The number of aromatic nitrogens is 1. The summed E-state index contributed by atoms with van der Waals surface area (Å²) in [6.07, 6.45) is 4.18. The summed E-state index contributed by atoms with van der Waals surface area (Å²) in [7, 11) is 0. The number of aromatic hydroxyl groups is 2. The molecular formula is C18H22N2O4S. The molecule has 0 bridgehead atoms. The maximum atomic E-state index is 9.99. The van der Waals surface area contributed by atoms with Gasteiger partial charge in [0, 0.05) is 29.5 Å². The minimum atomic E-state index is -0.327. The first-order valence-electron chi connectivity index (χ1n) is 8.60. The van der Waals surface area contributed by atoms with E-state index >= 15 is 0 Å². The number of hydrogen-bond acceptors (Lipinski definition) is 7. The summed E-state index contributed by atoms with van der Waals surface area (Å²) in [6.45, 7) is 0.959. The molecule has 1 unspecified atom stereocenters. The molecule has 1 aliphatic carbocycles. The van der Waals surface area contributed by atoms with E-state index in [2.05, 4.69) is 10.3 Å². The fraction of sp³-hybridized carbons (Fsp3) is 0.500. The fourth-order valence-corrected chi connectivity index (χ4v) is 4.46. The van der Waals surface area contributed by atoms with Crippen LogP contribution < -0.4 is 5.32 Å². The minimum Gasteiger partial charge on any atom is -0.508 e. The molecule has 2 aromatic rings. The van der Waals surface area contributed by atoms with Gasteiger partial charge in [-0.1, -0.05) is 0 Å². The van der Waals surface area contributed by atoms with Gasteiger partial charge in [-0.25, -0.2) is 4.98 Å². The molecule has 0 radical (unpaired) electrons. The zero-order valence-corrected chi connectivity index (χ0v) is 14.6. The molecule has 6 nitrogen and oxygen atoms in total. The van der Waals surface area contributed by atoms with E-state index in [0.717, 1.165) is 30.8 Å². The molecule has 7 heteroatoms. The lowest BCUT2D eigenvalue weighted by atomic mass is 9.79. The van der Waals surface area contributed by atoms with Gasteiger partial charge in [0.2, 0.25) is 0 Å². The van der Waals surface area contributed by atoms with Crippen LogP contribution in [0.1, 0.15) is 25.7 Å². The van der Waals surface area contributed by atoms with Crippen LogP contribution in [0.15, 0.2) is 23.6 Å². The first kappa shape index (κ1) is 16.6. The third-order valence-corrected chi connectivity index (χ3v) is 6.06. The zero-order chi connectivity index (χ0) is 17.4. The van der Waals surface area contributed by atoms with Gasteiger partial charge < -0.3 is 25.4 Å². The molecule has 2 fully saturated rings. The maximum Gasteiger partial charge on any atom is 0.185 e. The van der Waals surface area contributed by atoms with Crippen molar-refractivity contribution in [2.45, 2.75) is 31.4 Å².